The molecule has 7 heteroatoms. The van der Waals surface area contributed by atoms with Crippen molar-refractivity contribution in [2.75, 3.05) is 20.2 Å². The normalized spacial score (nSPS) is 30.9. The molecule has 0 spiro atoms. The molecule has 2 aromatic rings. The molecule has 0 unspecified atom stereocenters. The van der Waals surface area contributed by atoms with Gasteiger partial charge in [-0.25, -0.2) is 4.98 Å². The minimum atomic E-state index is -0.487. The first-order valence-corrected chi connectivity index (χ1v) is 13.8. The molecular formula is C28H38N2O4S. The SMILES string of the molecule is COc1ccc(OCc2nc3c(s2)C[C@@]2(C)CC[C@H]([C@H](C)C(=O)N4CCCC4)[C@H](O)[C@H]2[C@H]3C)cc1. The molecule has 2 aliphatic carbocycles. The quantitative estimate of drug-likeness (QED) is 0.604. The average molecular weight is 499 g/mol. The van der Waals surface area contributed by atoms with E-state index in [1.54, 1.807) is 18.4 Å². The molecule has 35 heavy (non-hydrogen) atoms. The summed E-state index contributed by atoms with van der Waals surface area (Å²) in [5.41, 5.74) is 1.14. The van der Waals surface area contributed by atoms with E-state index in [1.807, 2.05) is 36.1 Å². The van der Waals surface area contributed by atoms with Crippen LogP contribution in [0, 0.1) is 23.2 Å². The molecule has 2 fully saturated rings. The van der Waals surface area contributed by atoms with Crippen LogP contribution in [0.3, 0.4) is 0 Å². The number of fused-ring (bicyclic) bond motifs is 2. The summed E-state index contributed by atoms with van der Waals surface area (Å²) < 4.78 is 11.2. The van der Waals surface area contributed by atoms with Gasteiger partial charge in [-0.15, -0.1) is 11.3 Å². The van der Waals surface area contributed by atoms with Gasteiger partial charge in [0.05, 0.1) is 18.9 Å². The molecule has 1 aliphatic heterocycles. The maximum atomic E-state index is 13.1. The van der Waals surface area contributed by atoms with E-state index in [0.29, 0.717) is 6.61 Å². The Morgan fingerprint density at radius 3 is 2.63 bits per heavy atom. The number of thiazole rings is 1. The topological polar surface area (TPSA) is 71.9 Å². The number of aromatic nitrogens is 1. The summed E-state index contributed by atoms with van der Waals surface area (Å²) >= 11 is 1.75. The van der Waals surface area contributed by atoms with Gasteiger partial charge >= 0.3 is 0 Å². The Bertz CT molecular complexity index is 1050. The fourth-order valence-corrected chi connectivity index (χ4v) is 8.17. The maximum absolute atomic E-state index is 13.1. The largest absolute Gasteiger partial charge is 0.497 e. The van der Waals surface area contributed by atoms with Gasteiger partial charge in [0.25, 0.3) is 0 Å². The highest BCUT2D eigenvalue weighted by atomic mass is 32.1. The Morgan fingerprint density at radius 1 is 1.26 bits per heavy atom. The second-order valence-electron chi connectivity index (χ2n) is 11.0. The number of carbonyl (C=O) groups is 1. The lowest BCUT2D eigenvalue weighted by molar-refractivity contribution is -0.143. The maximum Gasteiger partial charge on any atom is 0.225 e. The number of benzene rings is 1. The van der Waals surface area contributed by atoms with Gasteiger partial charge in [0.2, 0.25) is 5.91 Å². The minimum absolute atomic E-state index is 0.0155. The van der Waals surface area contributed by atoms with Gasteiger partial charge in [-0.1, -0.05) is 20.8 Å². The first kappa shape index (κ1) is 24.6. The lowest BCUT2D eigenvalue weighted by Gasteiger charge is -2.53. The van der Waals surface area contributed by atoms with Crippen LogP contribution < -0.4 is 9.47 Å². The third kappa shape index (κ3) is 4.57. The number of aliphatic hydroxyl groups is 1. The van der Waals surface area contributed by atoms with Crippen LogP contribution in [0.25, 0.3) is 0 Å². The first-order chi connectivity index (χ1) is 16.8. The number of aliphatic hydroxyl groups excluding tert-OH is 1. The number of carbonyl (C=O) groups excluding carboxylic acids is 1. The second kappa shape index (κ2) is 9.74. The zero-order valence-corrected chi connectivity index (χ0v) is 22.1. The Hall–Kier alpha value is -2.12. The molecule has 0 bridgehead atoms. The molecule has 1 N–H and O–H groups in total. The third-order valence-corrected chi connectivity index (χ3v) is 9.88. The predicted molar refractivity (Wildman–Crippen MR) is 137 cm³/mol. The molecule has 190 valence electrons. The highest BCUT2D eigenvalue weighted by Crippen LogP contribution is 2.57. The predicted octanol–water partition coefficient (Wildman–Crippen LogP) is 5.04. The molecule has 0 radical (unpaired) electrons. The van der Waals surface area contributed by atoms with Crippen molar-refractivity contribution in [3.05, 3.63) is 39.8 Å². The fourth-order valence-electron chi connectivity index (χ4n) is 6.88. The zero-order valence-electron chi connectivity index (χ0n) is 21.3. The molecule has 1 amide bonds. The van der Waals surface area contributed by atoms with Crippen LogP contribution in [0.5, 0.6) is 11.5 Å². The number of likely N-dealkylation sites (tertiary alicyclic amines) is 1. The Kier molecular flexibility index (Phi) is 6.83. The van der Waals surface area contributed by atoms with Gasteiger partial charge in [0, 0.05) is 29.8 Å². The van der Waals surface area contributed by atoms with Crippen molar-refractivity contribution in [2.24, 2.45) is 23.2 Å². The first-order valence-electron chi connectivity index (χ1n) is 13.0. The summed E-state index contributed by atoms with van der Waals surface area (Å²) in [6.45, 7) is 8.75. The molecule has 1 aromatic carbocycles. The van der Waals surface area contributed by atoms with E-state index in [0.717, 1.165) is 67.4 Å². The van der Waals surface area contributed by atoms with Crippen LogP contribution >= 0.6 is 11.3 Å². The van der Waals surface area contributed by atoms with E-state index < -0.39 is 6.10 Å². The van der Waals surface area contributed by atoms with E-state index in [-0.39, 0.29) is 35.0 Å². The summed E-state index contributed by atoms with van der Waals surface area (Å²) in [5, 5.41) is 12.6. The smallest absolute Gasteiger partial charge is 0.225 e. The number of amides is 1. The lowest BCUT2D eigenvalue weighted by Crippen LogP contribution is -2.53. The Morgan fingerprint density at radius 2 is 1.94 bits per heavy atom. The van der Waals surface area contributed by atoms with E-state index in [9.17, 15) is 9.90 Å². The molecule has 6 atom stereocenters. The van der Waals surface area contributed by atoms with Crippen LogP contribution in [0.2, 0.25) is 0 Å². The molecule has 2 heterocycles. The fraction of sp³-hybridized carbons (Fsp3) is 0.643. The molecule has 5 rings (SSSR count). The number of nitrogens with zero attached hydrogens (tertiary/aromatic N) is 2. The molecular weight excluding hydrogens is 460 g/mol. The second-order valence-corrected chi connectivity index (χ2v) is 12.2. The highest BCUT2D eigenvalue weighted by Gasteiger charge is 2.54. The van der Waals surface area contributed by atoms with E-state index >= 15 is 0 Å². The highest BCUT2D eigenvalue weighted by molar-refractivity contribution is 7.11. The Balaban J connectivity index is 1.30. The van der Waals surface area contributed by atoms with Crippen molar-refractivity contribution in [3.8, 4) is 11.5 Å². The zero-order chi connectivity index (χ0) is 24.7. The van der Waals surface area contributed by atoms with E-state index in [1.165, 1.54) is 4.88 Å². The molecule has 6 nitrogen and oxygen atoms in total. The van der Waals surface area contributed by atoms with Crippen LogP contribution in [0.15, 0.2) is 24.3 Å². The van der Waals surface area contributed by atoms with Crippen molar-refractivity contribution >= 4 is 17.2 Å². The number of methoxy groups -OCH3 is 1. The summed E-state index contributed by atoms with van der Waals surface area (Å²) in [6, 6.07) is 7.60. The third-order valence-electron chi connectivity index (χ3n) is 8.84. The number of ether oxygens (including phenoxy) is 2. The summed E-state index contributed by atoms with van der Waals surface area (Å²) in [7, 11) is 1.65. The van der Waals surface area contributed by atoms with Gasteiger partial charge in [-0.3, -0.25) is 4.79 Å². The molecule has 1 aromatic heterocycles. The molecule has 1 saturated heterocycles. The molecule has 1 saturated carbocycles. The number of hydrogen-bond acceptors (Lipinski definition) is 6. The van der Waals surface area contributed by atoms with Gasteiger partial charge in [0.15, 0.2) is 0 Å². The Labute approximate surface area is 212 Å². The van der Waals surface area contributed by atoms with Crippen molar-refractivity contribution in [2.45, 2.75) is 71.5 Å². The van der Waals surface area contributed by atoms with Gasteiger partial charge in [-0.2, -0.15) is 0 Å². The van der Waals surface area contributed by atoms with Gasteiger partial charge < -0.3 is 19.5 Å². The number of rotatable bonds is 6. The van der Waals surface area contributed by atoms with Crippen LogP contribution in [0.1, 0.15) is 68.0 Å². The van der Waals surface area contributed by atoms with Crippen LogP contribution in [-0.2, 0) is 17.8 Å². The number of hydrogen-bond donors (Lipinski definition) is 1. The van der Waals surface area contributed by atoms with Crippen molar-refractivity contribution in [1.82, 2.24) is 9.88 Å². The minimum Gasteiger partial charge on any atom is -0.497 e. The van der Waals surface area contributed by atoms with Crippen LogP contribution in [0.4, 0.5) is 0 Å². The average Bonchev–Trinajstić information content (AvgIpc) is 3.52. The summed E-state index contributed by atoms with van der Waals surface area (Å²) in [6.07, 6.45) is 4.59. The van der Waals surface area contributed by atoms with Gasteiger partial charge in [-0.05, 0) is 73.6 Å². The van der Waals surface area contributed by atoms with Gasteiger partial charge in [0.1, 0.15) is 23.1 Å². The monoisotopic (exact) mass is 498 g/mol. The van der Waals surface area contributed by atoms with Crippen LogP contribution in [-0.4, -0.2) is 47.2 Å². The lowest BCUT2D eigenvalue weighted by atomic mass is 9.53. The van der Waals surface area contributed by atoms with E-state index in [2.05, 4.69) is 13.8 Å². The summed E-state index contributed by atoms with van der Waals surface area (Å²) in [4.78, 5) is 21.4. The summed E-state index contributed by atoms with van der Waals surface area (Å²) in [5.74, 6) is 1.97. The standard InChI is InChI=1S/C28H38N2O4S/c1-17(27(32)30-13-5-6-14-30)21-11-12-28(3)15-22-25(18(2)24(28)26(21)31)29-23(35-22)16-34-20-9-7-19(33-4)8-10-20/h7-10,17-18,21,24,26,31H,5-6,11-16H2,1-4H3/t17-,18+,21+,24+,26-,28+/m0/s1. The van der Waals surface area contributed by atoms with E-state index in [4.69, 9.17) is 14.5 Å². The van der Waals surface area contributed by atoms with Crippen molar-refractivity contribution in [3.63, 3.8) is 0 Å². The van der Waals surface area contributed by atoms with Crippen molar-refractivity contribution < 1.29 is 19.4 Å². The van der Waals surface area contributed by atoms with Crippen molar-refractivity contribution in [1.29, 1.82) is 0 Å². The molecule has 3 aliphatic rings.